The maximum atomic E-state index is 4.80. The van der Waals surface area contributed by atoms with Gasteiger partial charge in [0.1, 0.15) is 0 Å². The lowest BCUT2D eigenvalue weighted by Gasteiger charge is -2.49. The lowest BCUT2D eigenvalue weighted by Crippen LogP contribution is -2.62. The Morgan fingerprint density at radius 1 is 1.22 bits per heavy atom. The predicted molar refractivity (Wildman–Crippen MR) is 77.6 cm³/mol. The first-order valence-electron chi connectivity index (χ1n) is 7.14. The van der Waals surface area contributed by atoms with Crippen LogP contribution in [0.3, 0.4) is 0 Å². The van der Waals surface area contributed by atoms with E-state index in [0.29, 0.717) is 5.54 Å². The van der Waals surface area contributed by atoms with Gasteiger partial charge in [-0.25, -0.2) is 4.98 Å². The Morgan fingerprint density at radius 3 is 2.67 bits per heavy atom. The van der Waals surface area contributed by atoms with E-state index in [1.165, 1.54) is 47.8 Å². The number of hydrogen-bond donors (Lipinski definition) is 1. The number of aryl methyl sites for hydroxylation is 2. The molecule has 1 saturated carbocycles. The maximum Gasteiger partial charge on any atom is 0.186 e. The summed E-state index contributed by atoms with van der Waals surface area (Å²) in [6.45, 7) is 7.67. The largest absolute Gasteiger partial charge is 0.340 e. The van der Waals surface area contributed by atoms with E-state index >= 15 is 0 Å². The second-order valence-corrected chi connectivity index (χ2v) is 6.93. The van der Waals surface area contributed by atoms with Crippen molar-refractivity contribution in [3.63, 3.8) is 0 Å². The van der Waals surface area contributed by atoms with Crippen LogP contribution in [0.2, 0.25) is 0 Å². The Labute approximate surface area is 114 Å². The van der Waals surface area contributed by atoms with Crippen LogP contribution >= 0.6 is 11.3 Å². The van der Waals surface area contributed by atoms with Crippen LogP contribution in [-0.4, -0.2) is 30.2 Å². The average Bonchev–Trinajstić information content (AvgIpc) is 2.71. The third-order valence-corrected chi connectivity index (χ3v) is 5.67. The van der Waals surface area contributed by atoms with Crippen molar-refractivity contribution >= 4 is 16.5 Å². The molecule has 1 saturated heterocycles. The molecule has 2 aliphatic rings. The molecule has 2 heterocycles. The highest BCUT2D eigenvalue weighted by Gasteiger charge is 2.41. The molecule has 4 heteroatoms. The fourth-order valence-corrected chi connectivity index (χ4v) is 4.42. The van der Waals surface area contributed by atoms with E-state index in [9.17, 15) is 0 Å². The monoisotopic (exact) mass is 265 g/mol. The van der Waals surface area contributed by atoms with Crippen molar-refractivity contribution in [2.24, 2.45) is 0 Å². The molecule has 2 fully saturated rings. The predicted octanol–water partition coefficient (Wildman–Crippen LogP) is 2.87. The van der Waals surface area contributed by atoms with Gasteiger partial charge in [-0.3, -0.25) is 0 Å². The van der Waals surface area contributed by atoms with Crippen LogP contribution in [0.25, 0.3) is 0 Å². The molecular weight excluding hydrogens is 242 g/mol. The van der Waals surface area contributed by atoms with Crippen LogP contribution in [0.15, 0.2) is 0 Å². The molecule has 18 heavy (non-hydrogen) atoms. The van der Waals surface area contributed by atoms with Crippen molar-refractivity contribution in [3.05, 3.63) is 10.6 Å². The Morgan fingerprint density at radius 2 is 2.00 bits per heavy atom. The molecule has 1 spiro atoms. The molecule has 1 aromatic heterocycles. The summed E-state index contributed by atoms with van der Waals surface area (Å²) < 4.78 is 0. The molecule has 0 amide bonds. The molecule has 0 aromatic carbocycles. The minimum Gasteiger partial charge on any atom is -0.340 e. The van der Waals surface area contributed by atoms with E-state index in [4.69, 9.17) is 4.98 Å². The van der Waals surface area contributed by atoms with Crippen LogP contribution in [0, 0.1) is 13.8 Å². The molecule has 0 bridgehead atoms. The zero-order valence-electron chi connectivity index (χ0n) is 11.5. The molecule has 0 unspecified atom stereocenters. The second-order valence-electron chi connectivity index (χ2n) is 5.75. The smallest absolute Gasteiger partial charge is 0.186 e. The molecule has 1 aromatic rings. The van der Waals surface area contributed by atoms with Gasteiger partial charge >= 0.3 is 0 Å². The highest BCUT2D eigenvalue weighted by atomic mass is 32.1. The van der Waals surface area contributed by atoms with Gasteiger partial charge < -0.3 is 10.2 Å². The Hall–Kier alpha value is -0.610. The number of hydrogen-bond acceptors (Lipinski definition) is 4. The number of nitrogens with one attached hydrogen (secondary N) is 1. The molecule has 1 aliphatic heterocycles. The topological polar surface area (TPSA) is 28.2 Å². The minimum atomic E-state index is 0.354. The normalized spacial score (nSPS) is 23.6. The number of nitrogens with zero attached hydrogens (tertiary/aromatic N) is 2. The SMILES string of the molecule is Cc1nc(N2CCNCC23CCCCC3)sc1C. The van der Waals surface area contributed by atoms with Crippen molar-refractivity contribution in [1.82, 2.24) is 10.3 Å². The molecule has 3 nitrogen and oxygen atoms in total. The minimum absolute atomic E-state index is 0.354. The Kier molecular flexibility index (Phi) is 3.32. The molecule has 3 rings (SSSR count). The average molecular weight is 265 g/mol. The molecule has 1 aliphatic carbocycles. The Bertz CT molecular complexity index is 393. The van der Waals surface area contributed by atoms with Crippen LogP contribution in [-0.2, 0) is 0 Å². The van der Waals surface area contributed by atoms with Gasteiger partial charge in [0.15, 0.2) is 5.13 Å². The lowest BCUT2D eigenvalue weighted by atomic mass is 9.79. The van der Waals surface area contributed by atoms with E-state index in [0.717, 1.165) is 19.6 Å². The van der Waals surface area contributed by atoms with Crippen molar-refractivity contribution in [2.75, 3.05) is 24.5 Å². The summed E-state index contributed by atoms with van der Waals surface area (Å²) in [7, 11) is 0. The third-order valence-electron chi connectivity index (χ3n) is 4.57. The van der Waals surface area contributed by atoms with Gasteiger partial charge in [0.2, 0.25) is 0 Å². The maximum absolute atomic E-state index is 4.80. The highest BCUT2D eigenvalue weighted by molar-refractivity contribution is 7.15. The van der Waals surface area contributed by atoms with Crippen molar-refractivity contribution in [2.45, 2.75) is 51.5 Å². The van der Waals surface area contributed by atoms with E-state index in [-0.39, 0.29) is 0 Å². The van der Waals surface area contributed by atoms with Crippen molar-refractivity contribution in [1.29, 1.82) is 0 Å². The fourth-order valence-electron chi connectivity index (χ4n) is 3.37. The number of rotatable bonds is 1. The van der Waals surface area contributed by atoms with E-state index in [1.807, 2.05) is 11.3 Å². The van der Waals surface area contributed by atoms with Crippen molar-refractivity contribution < 1.29 is 0 Å². The third kappa shape index (κ3) is 2.05. The zero-order chi connectivity index (χ0) is 12.6. The molecule has 0 atom stereocenters. The second kappa shape index (κ2) is 4.82. The van der Waals surface area contributed by atoms with Gasteiger partial charge in [-0.1, -0.05) is 19.3 Å². The van der Waals surface area contributed by atoms with Crippen LogP contribution in [0.1, 0.15) is 42.7 Å². The Balaban J connectivity index is 1.91. The molecule has 100 valence electrons. The van der Waals surface area contributed by atoms with Crippen LogP contribution in [0.4, 0.5) is 5.13 Å². The van der Waals surface area contributed by atoms with Gasteiger partial charge in [0.25, 0.3) is 0 Å². The first-order chi connectivity index (χ1) is 8.71. The summed E-state index contributed by atoms with van der Waals surface area (Å²) in [4.78, 5) is 8.79. The standard InChI is InChI=1S/C14H23N3S/c1-11-12(2)18-13(16-11)17-9-8-15-10-14(17)6-4-3-5-7-14/h15H,3-10H2,1-2H3. The summed E-state index contributed by atoms with van der Waals surface area (Å²) in [5, 5.41) is 4.86. The number of aromatic nitrogens is 1. The van der Waals surface area contributed by atoms with Crippen molar-refractivity contribution in [3.8, 4) is 0 Å². The van der Waals surface area contributed by atoms with E-state index < -0.39 is 0 Å². The highest BCUT2D eigenvalue weighted by Crippen LogP contribution is 2.39. The molecule has 0 radical (unpaired) electrons. The zero-order valence-corrected chi connectivity index (χ0v) is 12.3. The molecular formula is C14H23N3S. The van der Waals surface area contributed by atoms with Gasteiger partial charge in [-0.15, -0.1) is 11.3 Å². The summed E-state index contributed by atoms with van der Waals surface area (Å²) in [5.74, 6) is 0. The first-order valence-corrected chi connectivity index (χ1v) is 7.95. The van der Waals surface area contributed by atoms with E-state index in [2.05, 4.69) is 24.1 Å². The number of piperazine rings is 1. The molecule has 1 N–H and O–H groups in total. The van der Waals surface area contributed by atoms with Gasteiger partial charge in [0.05, 0.1) is 11.2 Å². The van der Waals surface area contributed by atoms with Gasteiger partial charge in [-0.05, 0) is 26.7 Å². The summed E-state index contributed by atoms with van der Waals surface area (Å²) in [5.41, 5.74) is 1.56. The van der Waals surface area contributed by atoms with E-state index in [1.54, 1.807) is 0 Å². The number of thiazole rings is 1. The van der Waals surface area contributed by atoms with Gasteiger partial charge in [-0.2, -0.15) is 0 Å². The lowest BCUT2D eigenvalue weighted by molar-refractivity contribution is 0.241. The summed E-state index contributed by atoms with van der Waals surface area (Å²) in [6.07, 6.45) is 6.82. The first kappa shape index (κ1) is 12.4. The number of anilines is 1. The quantitative estimate of drug-likeness (QED) is 0.846. The summed E-state index contributed by atoms with van der Waals surface area (Å²) >= 11 is 1.88. The van der Waals surface area contributed by atoms with Crippen LogP contribution < -0.4 is 10.2 Å². The fraction of sp³-hybridized carbons (Fsp3) is 0.786. The van der Waals surface area contributed by atoms with Gasteiger partial charge in [0, 0.05) is 24.5 Å². The van der Waals surface area contributed by atoms with Crippen LogP contribution in [0.5, 0.6) is 0 Å². The summed E-state index contributed by atoms with van der Waals surface area (Å²) in [6, 6.07) is 0.